The summed E-state index contributed by atoms with van der Waals surface area (Å²) in [5.41, 5.74) is 7.22. The molecular weight excluding hydrogens is 381 g/mol. The number of nitrogens with two attached hydrogens (primary N) is 2. The first-order valence-corrected chi connectivity index (χ1v) is 10.7. The van der Waals surface area contributed by atoms with Crippen molar-refractivity contribution < 1.29 is 18.7 Å². The Morgan fingerprint density at radius 1 is 1.29 bits per heavy atom. The van der Waals surface area contributed by atoms with Crippen molar-refractivity contribution in [2.75, 3.05) is 35.2 Å². The highest BCUT2D eigenvalue weighted by Gasteiger charge is 2.41. The number of nitrogen functional groups attached to an aromatic ring is 1. The van der Waals surface area contributed by atoms with Gasteiger partial charge in [0.2, 0.25) is 5.71 Å². The Labute approximate surface area is 165 Å². The second-order valence-corrected chi connectivity index (χ2v) is 9.13. The van der Waals surface area contributed by atoms with E-state index in [0.717, 1.165) is 12.8 Å². The number of halogens is 1. The van der Waals surface area contributed by atoms with Gasteiger partial charge in [-0.1, -0.05) is 0 Å². The minimum atomic E-state index is -0.771. The van der Waals surface area contributed by atoms with E-state index >= 15 is 0 Å². The normalized spacial score (nSPS) is 18.7. The molecule has 1 saturated heterocycles. The second-order valence-electron chi connectivity index (χ2n) is 7.43. The highest BCUT2D eigenvalue weighted by molar-refractivity contribution is 7.85. The van der Waals surface area contributed by atoms with Gasteiger partial charge in [0.25, 0.3) is 0 Å². The first-order valence-electron chi connectivity index (χ1n) is 9.18. The van der Waals surface area contributed by atoms with E-state index in [9.17, 15) is 8.60 Å². The van der Waals surface area contributed by atoms with Crippen molar-refractivity contribution in [2.24, 2.45) is 0 Å². The summed E-state index contributed by atoms with van der Waals surface area (Å²) in [4.78, 5) is 10.6. The Bertz CT molecular complexity index is 953. The molecule has 0 radical (unpaired) electrons. The molecule has 4 rings (SSSR count). The predicted octanol–water partition coefficient (Wildman–Crippen LogP) is 0.294. The molecule has 2 heterocycles. The Kier molecular flexibility index (Phi) is 4.78. The Balaban J connectivity index is 1.61. The molecule has 148 valence electrons. The van der Waals surface area contributed by atoms with E-state index in [4.69, 9.17) is 15.9 Å². The van der Waals surface area contributed by atoms with Crippen molar-refractivity contribution >= 4 is 28.0 Å². The van der Waals surface area contributed by atoms with Gasteiger partial charge < -0.3 is 15.4 Å². The molecule has 1 saturated carbocycles. The molecule has 1 aliphatic heterocycles. The third-order valence-corrected chi connectivity index (χ3v) is 6.41. The molecule has 2 fully saturated rings. The zero-order valence-electron chi connectivity index (χ0n) is 15.7. The first-order chi connectivity index (χ1) is 13.3. The maximum Gasteiger partial charge on any atom is 0.232 e. The van der Waals surface area contributed by atoms with Gasteiger partial charge in [0.1, 0.15) is 23.4 Å². The van der Waals surface area contributed by atoms with Gasteiger partial charge >= 0.3 is 0 Å². The van der Waals surface area contributed by atoms with Gasteiger partial charge in [-0.05, 0) is 25.8 Å². The summed E-state index contributed by atoms with van der Waals surface area (Å²) >= 11 is 0. The van der Waals surface area contributed by atoms with Crippen molar-refractivity contribution in [3.05, 3.63) is 41.6 Å². The van der Waals surface area contributed by atoms with Crippen LogP contribution in [0.5, 0.6) is 5.75 Å². The predicted molar refractivity (Wildman–Crippen MR) is 106 cm³/mol. The average molecular weight is 404 g/mol. The molecule has 1 aromatic carbocycles. The molecular formula is C19H23FN5O2S+. The number of hydrogen-bond acceptors (Lipinski definition) is 6. The standard InChI is InChI=1S/C19H22FN5O2S/c1-19(2-3-19)27-16-8-12(14(21)9-13(16)20)18(22)15-10-17(24-11-23-15)25-4-6-28(26)7-5-25/h8-11,22H,2-7,21H2,1H3/p+1. The zero-order chi connectivity index (χ0) is 19.9. The molecule has 0 amide bonds. The lowest BCUT2D eigenvalue weighted by Gasteiger charge is -2.27. The molecule has 0 bridgehead atoms. The van der Waals surface area contributed by atoms with Crippen molar-refractivity contribution in [1.29, 1.82) is 0 Å². The third kappa shape index (κ3) is 3.84. The van der Waals surface area contributed by atoms with Gasteiger partial charge in [-0.2, -0.15) is 0 Å². The number of hydrogen-bond donors (Lipinski definition) is 2. The van der Waals surface area contributed by atoms with Crippen molar-refractivity contribution in [2.45, 2.75) is 25.4 Å². The molecule has 9 heteroatoms. The van der Waals surface area contributed by atoms with Crippen LogP contribution in [0.4, 0.5) is 15.9 Å². The van der Waals surface area contributed by atoms with Crippen LogP contribution in [0, 0.1) is 5.82 Å². The van der Waals surface area contributed by atoms with Gasteiger partial charge in [-0.3, -0.25) is 9.62 Å². The fourth-order valence-corrected chi connectivity index (χ4v) is 4.15. The minimum absolute atomic E-state index is 0.139. The lowest BCUT2D eigenvalue weighted by atomic mass is 10.0. The fraction of sp³-hybridized carbons (Fsp3) is 0.421. The smallest absolute Gasteiger partial charge is 0.232 e. The molecule has 1 aliphatic carbocycles. The van der Waals surface area contributed by atoms with Crippen LogP contribution in [0.2, 0.25) is 0 Å². The lowest BCUT2D eigenvalue weighted by molar-refractivity contribution is -0.111. The molecule has 7 nitrogen and oxygen atoms in total. The van der Waals surface area contributed by atoms with Gasteiger partial charge in [0.05, 0.1) is 5.56 Å². The molecule has 0 atom stereocenters. The van der Waals surface area contributed by atoms with E-state index in [-0.39, 0.29) is 17.0 Å². The molecule has 1 aromatic heterocycles. The largest absolute Gasteiger partial charge is 0.484 e. The van der Waals surface area contributed by atoms with Crippen LogP contribution < -0.4 is 20.8 Å². The number of anilines is 2. The number of ether oxygens (including phenoxy) is 1. The maximum absolute atomic E-state index is 14.3. The molecule has 0 spiro atoms. The van der Waals surface area contributed by atoms with Gasteiger partial charge in [0.15, 0.2) is 11.6 Å². The topological polar surface area (TPSA) is 107 Å². The van der Waals surface area contributed by atoms with Gasteiger partial charge in [-0.25, -0.2) is 14.4 Å². The number of rotatable bonds is 5. The Hall–Kier alpha value is -2.55. The van der Waals surface area contributed by atoms with Crippen LogP contribution in [0.1, 0.15) is 31.0 Å². The maximum atomic E-state index is 14.3. The van der Waals surface area contributed by atoms with E-state index in [1.807, 2.05) is 6.92 Å². The minimum Gasteiger partial charge on any atom is -0.484 e. The van der Waals surface area contributed by atoms with E-state index < -0.39 is 16.6 Å². The van der Waals surface area contributed by atoms with Crippen LogP contribution >= 0.6 is 0 Å². The SMILES string of the molecule is CC1(Oc2cc(C(=[NH2+])c3cc(N4CCS(=O)CC4)ncn3)c(N)cc2F)CC1. The average Bonchev–Trinajstić information content (AvgIpc) is 3.41. The van der Waals surface area contributed by atoms with Crippen molar-refractivity contribution in [3.63, 3.8) is 0 Å². The van der Waals surface area contributed by atoms with E-state index in [1.165, 1.54) is 18.5 Å². The van der Waals surface area contributed by atoms with Crippen LogP contribution in [0.15, 0.2) is 24.5 Å². The number of nitrogens with zero attached hydrogens (tertiary/aromatic N) is 3. The summed E-state index contributed by atoms with van der Waals surface area (Å²) < 4.78 is 31.6. The van der Waals surface area contributed by atoms with Crippen molar-refractivity contribution in [3.8, 4) is 5.75 Å². The quantitative estimate of drug-likeness (QED) is 0.548. The summed E-state index contributed by atoms with van der Waals surface area (Å²) in [6.07, 6.45) is 3.22. The third-order valence-electron chi connectivity index (χ3n) is 5.14. The van der Waals surface area contributed by atoms with Gasteiger partial charge in [0, 0.05) is 53.2 Å². The van der Waals surface area contributed by atoms with Crippen LogP contribution in [0.25, 0.3) is 0 Å². The van der Waals surface area contributed by atoms with Gasteiger partial charge in [-0.15, -0.1) is 0 Å². The number of benzene rings is 1. The number of aromatic nitrogens is 2. The summed E-state index contributed by atoms with van der Waals surface area (Å²) in [7, 11) is -0.771. The van der Waals surface area contributed by atoms with Crippen LogP contribution in [-0.4, -0.2) is 50.1 Å². The first kappa shape index (κ1) is 18.8. The highest BCUT2D eigenvalue weighted by Crippen LogP contribution is 2.41. The van der Waals surface area contributed by atoms with Crippen LogP contribution in [-0.2, 0) is 10.8 Å². The lowest BCUT2D eigenvalue weighted by Crippen LogP contribution is -2.42. The van der Waals surface area contributed by atoms with Crippen molar-refractivity contribution in [1.82, 2.24) is 9.97 Å². The van der Waals surface area contributed by atoms with E-state index in [0.29, 0.717) is 47.4 Å². The summed E-state index contributed by atoms with van der Waals surface area (Å²) in [6, 6.07) is 4.54. The fourth-order valence-electron chi connectivity index (χ4n) is 3.10. The summed E-state index contributed by atoms with van der Waals surface area (Å²) in [5, 5.41) is 6.34. The summed E-state index contributed by atoms with van der Waals surface area (Å²) in [5.74, 6) is 1.57. The molecule has 2 aliphatic rings. The molecule has 2 aromatic rings. The zero-order valence-corrected chi connectivity index (χ0v) is 16.5. The van der Waals surface area contributed by atoms with E-state index in [2.05, 4.69) is 14.9 Å². The molecule has 28 heavy (non-hydrogen) atoms. The molecule has 4 N–H and O–H groups in total. The molecule has 0 unspecified atom stereocenters. The monoisotopic (exact) mass is 404 g/mol. The summed E-state index contributed by atoms with van der Waals surface area (Å²) in [6.45, 7) is 3.27. The Morgan fingerprint density at radius 3 is 2.68 bits per heavy atom. The van der Waals surface area contributed by atoms with Crippen LogP contribution in [0.3, 0.4) is 0 Å². The highest BCUT2D eigenvalue weighted by atomic mass is 32.2. The Morgan fingerprint density at radius 2 is 2.00 bits per heavy atom. The second kappa shape index (κ2) is 7.12. The van der Waals surface area contributed by atoms with E-state index in [1.54, 1.807) is 6.07 Å².